The van der Waals surface area contributed by atoms with E-state index in [9.17, 15) is 0 Å². The molecule has 0 aliphatic rings. The summed E-state index contributed by atoms with van der Waals surface area (Å²) in [5.41, 5.74) is 12.6. The standard InChI is InChI=1S/C52H31NO3/c1-2-11-34-29-50-45(28-33(34)10-1)44-16-9-15-43(52(44)56-50)38-12-3-6-17-46(38)53(37-25-27-42-40-14-5-8-19-48(40)55-51(42)31-37)36-23-20-32(21-24-36)35-22-26-41-39-13-4-7-18-47(39)54-49(41)30-35/h1-31H. The monoisotopic (exact) mass is 717 g/mol. The van der Waals surface area contributed by atoms with Crippen molar-refractivity contribution < 1.29 is 13.3 Å². The Morgan fingerprint density at radius 2 is 0.857 bits per heavy atom. The van der Waals surface area contributed by atoms with Crippen LogP contribution in [0.25, 0.3) is 98.8 Å². The van der Waals surface area contributed by atoms with E-state index in [0.717, 1.165) is 111 Å². The molecule has 0 aliphatic heterocycles. The highest BCUT2D eigenvalue weighted by atomic mass is 16.3. The predicted molar refractivity (Wildman–Crippen MR) is 231 cm³/mol. The van der Waals surface area contributed by atoms with Crippen LogP contribution in [0.1, 0.15) is 0 Å². The van der Waals surface area contributed by atoms with Gasteiger partial charge in [-0.15, -0.1) is 0 Å². The number of anilines is 3. The molecule has 3 heterocycles. The fourth-order valence-electron chi connectivity index (χ4n) is 8.58. The van der Waals surface area contributed by atoms with E-state index in [4.69, 9.17) is 13.3 Å². The van der Waals surface area contributed by atoms with Gasteiger partial charge < -0.3 is 18.2 Å². The summed E-state index contributed by atoms with van der Waals surface area (Å²) in [5.74, 6) is 0. The van der Waals surface area contributed by atoms with Crippen LogP contribution in [0.4, 0.5) is 17.1 Å². The van der Waals surface area contributed by atoms with Gasteiger partial charge in [0.05, 0.1) is 5.69 Å². The molecular weight excluding hydrogens is 687 g/mol. The van der Waals surface area contributed by atoms with Gasteiger partial charge in [0.1, 0.15) is 33.5 Å². The molecular formula is C52H31NO3. The predicted octanol–water partition coefficient (Wildman–Crippen LogP) is 15.3. The minimum Gasteiger partial charge on any atom is -0.456 e. The second kappa shape index (κ2) is 12.0. The van der Waals surface area contributed by atoms with Crippen LogP contribution in [-0.2, 0) is 0 Å². The minimum absolute atomic E-state index is 0.841. The first-order valence-electron chi connectivity index (χ1n) is 18.9. The van der Waals surface area contributed by atoms with Crippen LogP contribution >= 0.6 is 0 Å². The molecule has 0 atom stereocenters. The zero-order valence-electron chi connectivity index (χ0n) is 30.1. The van der Waals surface area contributed by atoms with Gasteiger partial charge in [-0.3, -0.25) is 0 Å². The van der Waals surface area contributed by atoms with E-state index in [0.29, 0.717) is 0 Å². The number of furan rings is 3. The highest BCUT2D eigenvalue weighted by Gasteiger charge is 2.22. The van der Waals surface area contributed by atoms with Crippen LogP contribution in [-0.4, -0.2) is 0 Å². The van der Waals surface area contributed by atoms with Gasteiger partial charge in [0.15, 0.2) is 0 Å². The van der Waals surface area contributed by atoms with Crippen LogP contribution in [0.3, 0.4) is 0 Å². The number of benzene rings is 9. The summed E-state index contributed by atoms with van der Waals surface area (Å²) in [5, 5.41) is 9.02. The Balaban J connectivity index is 1.03. The van der Waals surface area contributed by atoms with Crippen molar-refractivity contribution in [3.8, 4) is 22.3 Å². The van der Waals surface area contributed by atoms with Crippen LogP contribution in [0.5, 0.6) is 0 Å². The summed E-state index contributed by atoms with van der Waals surface area (Å²) in [4.78, 5) is 2.32. The van der Waals surface area contributed by atoms with Crippen LogP contribution in [0.2, 0.25) is 0 Å². The molecule has 12 rings (SSSR count). The Morgan fingerprint density at radius 3 is 1.64 bits per heavy atom. The molecule has 3 aromatic heterocycles. The number of hydrogen-bond donors (Lipinski definition) is 0. The Hall–Kier alpha value is -7.56. The Bertz CT molecular complexity index is 3490. The number of fused-ring (bicyclic) bond motifs is 10. The lowest BCUT2D eigenvalue weighted by molar-refractivity contribution is 0.668. The van der Waals surface area contributed by atoms with Gasteiger partial charge >= 0.3 is 0 Å². The summed E-state index contributed by atoms with van der Waals surface area (Å²) in [6.45, 7) is 0. The number of rotatable bonds is 5. The normalized spacial score (nSPS) is 11.9. The molecule has 4 nitrogen and oxygen atoms in total. The van der Waals surface area contributed by atoms with E-state index in [1.165, 1.54) is 5.39 Å². The molecule has 0 fully saturated rings. The molecule has 0 saturated carbocycles. The van der Waals surface area contributed by atoms with Gasteiger partial charge in [-0.05, 0) is 88.6 Å². The maximum absolute atomic E-state index is 6.76. The molecule has 0 amide bonds. The van der Waals surface area contributed by atoms with E-state index in [1.54, 1.807) is 0 Å². The van der Waals surface area contributed by atoms with E-state index in [-0.39, 0.29) is 0 Å². The molecule has 4 heteroatoms. The zero-order chi connectivity index (χ0) is 36.7. The van der Waals surface area contributed by atoms with Gasteiger partial charge in [0.2, 0.25) is 0 Å². The maximum atomic E-state index is 6.76. The third kappa shape index (κ3) is 4.73. The van der Waals surface area contributed by atoms with Crippen molar-refractivity contribution in [2.45, 2.75) is 0 Å². The second-order valence-electron chi connectivity index (χ2n) is 14.5. The first-order valence-corrected chi connectivity index (χ1v) is 18.9. The quantitative estimate of drug-likeness (QED) is 0.178. The lowest BCUT2D eigenvalue weighted by Gasteiger charge is -2.28. The molecule has 56 heavy (non-hydrogen) atoms. The van der Waals surface area contributed by atoms with Crippen molar-refractivity contribution in [1.29, 1.82) is 0 Å². The molecule has 262 valence electrons. The number of nitrogens with zero attached hydrogens (tertiary/aromatic N) is 1. The first kappa shape index (κ1) is 30.9. The highest BCUT2D eigenvalue weighted by Crippen LogP contribution is 2.46. The van der Waals surface area contributed by atoms with Crippen molar-refractivity contribution in [3.05, 3.63) is 188 Å². The van der Waals surface area contributed by atoms with E-state index < -0.39 is 0 Å². The molecule has 0 radical (unpaired) electrons. The van der Waals surface area contributed by atoms with Gasteiger partial charge in [-0.25, -0.2) is 0 Å². The Morgan fingerprint density at radius 1 is 0.304 bits per heavy atom. The lowest BCUT2D eigenvalue weighted by atomic mass is 9.98. The van der Waals surface area contributed by atoms with Crippen LogP contribution < -0.4 is 4.90 Å². The van der Waals surface area contributed by atoms with Gasteiger partial charge in [-0.1, -0.05) is 115 Å². The third-order valence-corrected chi connectivity index (χ3v) is 11.3. The smallest absolute Gasteiger partial charge is 0.143 e. The molecule has 0 saturated heterocycles. The SMILES string of the molecule is c1ccc(N(c2ccc(-c3ccc4c(c3)oc3ccccc34)cc2)c2ccc3c(c2)oc2ccccc23)c(-c2cccc3c2oc2cc4ccccc4cc23)c1. The molecule has 9 aromatic carbocycles. The van der Waals surface area contributed by atoms with E-state index in [2.05, 4.69) is 169 Å². The number of hydrogen-bond acceptors (Lipinski definition) is 4. The number of para-hydroxylation sites is 4. The molecule has 12 aromatic rings. The fraction of sp³-hybridized carbons (Fsp3) is 0. The largest absolute Gasteiger partial charge is 0.456 e. The Labute approximate surface area is 321 Å². The second-order valence-corrected chi connectivity index (χ2v) is 14.5. The van der Waals surface area contributed by atoms with Crippen molar-refractivity contribution in [1.82, 2.24) is 0 Å². The van der Waals surface area contributed by atoms with Gasteiger partial charge in [-0.2, -0.15) is 0 Å². The third-order valence-electron chi connectivity index (χ3n) is 11.3. The average molecular weight is 718 g/mol. The van der Waals surface area contributed by atoms with Gasteiger partial charge in [0.25, 0.3) is 0 Å². The maximum Gasteiger partial charge on any atom is 0.143 e. The molecule has 0 unspecified atom stereocenters. The van der Waals surface area contributed by atoms with Crippen molar-refractivity contribution in [2.24, 2.45) is 0 Å². The highest BCUT2D eigenvalue weighted by molar-refractivity contribution is 6.14. The van der Waals surface area contributed by atoms with E-state index >= 15 is 0 Å². The topological polar surface area (TPSA) is 42.7 Å². The van der Waals surface area contributed by atoms with E-state index in [1.807, 2.05) is 24.3 Å². The van der Waals surface area contributed by atoms with Crippen molar-refractivity contribution >= 4 is 93.7 Å². The van der Waals surface area contributed by atoms with Crippen LogP contribution in [0.15, 0.2) is 201 Å². The fourth-order valence-corrected chi connectivity index (χ4v) is 8.58. The summed E-state index contributed by atoms with van der Waals surface area (Å²) in [6, 6.07) is 66.1. The zero-order valence-corrected chi connectivity index (χ0v) is 30.1. The average Bonchev–Trinajstić information content (AvgIpc) is 3.94. The van der Waals surface area contributed by atoms with Gasteiger partial charge in [0, 0.05) is 60.9 Å². The molecule has 0 bridgehead atoms. The lowest BCUT2D eigenvalue weighted by Crippen LogP contribution is -2.11. The first-order chi connectivity index (χ1) is 27.7. The molecule has 0 N–H and O–H groups in total. The Kier molecular flexibility index (Phi) is 6.60. The minimum atomic E-state index is 0.841. The van der Waals surface area contributed by atoms with Crippen molar-refractivity contribution in [3.63, 3.8) is 0 Å². The summed E-state index contributed by atoms with van der Waals surface area (Å²) < 4.78 is 19.4. The molecule has 0 spiro atoms. The molecule has 0 aliphatic carbocycles. The summed E-state index contributed by atoms with van der Waals surface area (Å²) >= 11 is 0. The van der Waals surface area contributed by atoms with Crippen molar-refractivity contribution in [2.75, 3.05) is 4.90 Å². The van der Waals surface area contributed by atoms with Crippen LogP contribution in [0, 0.1) is 0 Å². The summed E-state index contributed by atoms with van der Waals surface area (Å²) in [7, 11) is 0. The summed E-state index contributed by atoms with van der Waals surface area (Å²) in [6.07, 6.45) is 0.